The van der Waals surface area contributed by atoms with E-state index < -0.39 is 16.0 Å². The van der Waals surface area contributed by atoms with Crippen LogP contribution in [-0.4, -0.2) is 67.9 Å². The number of likely N-dealkylation sites (tertiary alicyclic amines) is 1. The Balaban J connectivity index is 1.60. The molecule has 34 heavy (non-hydrogen) atoms. The molecule has 9 nitrogen and oxygen atoms in total. The van der Waals surface area contributed by atoms with Crippen LogP contribution in [0.1, 0.15) is 53.3 Å². The summed E-state index contributed by atoms with van der Waals surface area (Å²) in [5, 5.41) is 9.44. The fourth-order valence-electron chi connectivity index (χ4n) is 4.71. The van der Waals surface area contributed by atoms with Crippen molar-refractivity contribution in [2.45, 2.75) is 37.5 Å². The van der Waals surface area contributed by atoms with Gasteiger partial charge in [-0.05, 0) is 69.8 Å². The van der Waals surface area contributed by atoms with Crippen LogP contribution in [-0.2, 0) is 10.0 Å². The SMILES string of the molecule is CC(=O)c1ccc(S(=O)(=O)Nc2cc(C(=O)O)cnc2N2CCC[C@H](CN3CCCC3)C2)cc1. The van der Waals surface area contributed by atoms with Crippen molar-refractivity contribution in [1.82, 2.24) is 9.88 Å². The number of carbonyl (C=O) groups is 2. The number of pyridine rings is 1. The molecule has 0 aliphatic carbocycles. The molecular formula is C24H30N4O5S. The maximum atomic E-state index is 13.1. The molecule has 1 aromatic heterocycles. The zero-order valence-corrected chi connectivity index (χ0v) is 20.1. The topological polar surface area (TPSA) is 120 Å². The van der Waals surface area contributed by atoms with Crippen molar-refractivity contribution < 1.29 is 23.1 Å². The normalized spacial score (nSPS) is 19.2. The van der Waals surface area contributed by atoms with Crippen molar-refractivity contribution in [2.24, 2.45) is 5.92 Å². The number of nitrogens with zero attached hydrogens (tertiary/aromatic N) is 3. The van der Waals surface area contributed by atoms with Crippen molar-refractivity contribution in [3.8, 4) is 0 Å². The van der Waals surface area contributed by atoms with E-state index in [4.69, 9.17) is 0 Å². The van der Waals surface area contributed by atoms with Gasteiger partial charge in [-0.15, -0.1) is 0 Å². The quantitative estimate of drug-likeness (QED) is 0.546. The molecule has 0 unspecified atom stereocenters. The highest BCUT2D eigenvalue weighted by Crippen LogP contribution is 2.31. The number of sulfonamides is 1. The summed E-state index contributed by atoms with van der Waals surface area (Å²) in [6, 6.07) is 6.95. The first-order valence-corrected chi connectivity index (χ1v) is 13.1. The molecule has 2 saturated heterocycles. The zero-order valence-electron chi connectivity index (χ0n) is 19.2. The first-order chi connectivity index (χ1) is 16.2. The van der Waals surface area contributed by atoms with Crippen molar-refractivity contribution >= 4 is 33.3 Å². The minimum Gasteiger partial charge on any atom is -0.478 e. The molecule has 2 fully saturated rings. The number of ketones is 1. The smallest absolute Gasteiger partial charge is 0.337 e. The van der Waals surface area contributed by atoms with Gasteiger partial charge in [0.25, 0.3) is 10.0 Å². The molecule has 0 bridgehead atoms. The molecule has 0 spiro atoms. The summed E-state index contributed by atoms with van der Waals surface area (Å²) in [6.45, 7) is 6.11. The lowest BCUT2D eigenvalue weighted by molar-refractivity contribution is 0.0696. The fraction of sp³-hybridized carbons (Fsp3) is 0.458. The molecule has 2 aromatic rings. The second-order valence-electron chi connectivity index (χ2n) is 9.05. The number of aromatic carboxylic acids is 1. The minimum atomic E-state index is -4.02. The lowest BCUT2D eigenvalue weighted by Crippen LogP contribution is -2.41. The van der Waals surface area contributed by atoms with Gasteiger partial charge in [0.1, 0.15) is 0 Å². The summed E-state index contributed by atoms with van der Waals surface area (Å²) in [5.41, 5.74) is 0.447. The highest BCUT2D eigenvalue weighted by Gasteiger charge is 2.27. The number of nitrogens with one attached hydrogen (secondary N) is 1. The first kappa shape index (κ1) is 24.2. The molecule has 1 aromatic carbocycles. The second-order valence-corrected chi connectivity index (χ2v) is 10.7. The van der Waals surface area contributed by atoms with E-state index in [1.807, 2.05) is 4.90 Å². The van der Waals surface area contributed by atoms with E-state index in [9.17, 15) is 23.1 Å². The van der Waals surface area contributed by atoms with E-state index in [-0.39, 0.29) is 21.9 Å². The van der Waals surface area contributed by atoms with Crippen LogP contribution in [0.15, 0.2) is 41.4 Å². The third kappa shape index (κ3) is 5.56. The predicted molar refractivity (Wildman–Crippen MR) is 129 cm³/mol. The molecule has 0 radical (unpaired) electrons. The van der Waals surface area contributed by atoms with Gasteiger partial charge in [-0.1, -0.05) is 12.1 Å². The predicted octanol–water partition coefficient (Wildman–Crippen LogP) is 3.10. The lowest BCUT2D eigenvalue weighted by atomic mass is 9.97. The van der Waals surface area contributed by atoms with Gasteiger partial charge in [0.2, 0.25) is 0 Å². The average molecular weight is 487 g/mol. The Morgan fingerprint density at radius 3 is 2.44 bits per heavy atom. The Morgan fingerprint density at radius 2 is 1.79 bits per heavy atom. The summed E-state index contributed by atoms with van der Waals surface area (Å²) in [6.07, 6.45) is 5.78. The largest absolute Gasteiger partial charge is 0.478 e. The molecule has 4 rings (SSSR count). The van der Waals surface area contributed by atoms with E-state index in [1.54, 1.807) is 0 Å². The average Bonchev–Trinajstić information content (AvgIpc) is 3.32. The van der Waals surface area contributed by atoms with Crippen molar-refractivity contribution in [2.75, 3.05) is 42.3 Å². The van der Waals surface area contributed by atoms with Gasteiger partial charge < -0.3 is 14.9 Å². The Morgan fingerprint density at radius 1 is 1.09 bits per heavy atom. The summed E-state index contributed by atoms with van der Waals surface area (Å²) in [5.74, 6) is -0.474. The number of piperidine rings is 1. The van der Waals surface area contributed by atoms with Crippen LogP contribution in [0.25, 0.3) is 0 Å². The minimum absolute atomic E-state index is 0.0188. The van der Waals surface area contributed by atoms with Crippen molar-refractivity contribution in [3.63, 3.8) is 0 Å². The number of carbonyl (C=O) groups excluding carboxylic acids is 1. The number of carboxylic acid groups (broad SMARTS) is 1. The summed E-state index contributed by atoms with van der Waals surface area (Å²) in [7, 11) is -4.02. The summed E-state index contributed by atoms with van der Waals surface area (Å²) in [4.78, 5) is 31.9. The van der Waals surface area contributed by atoms with Gasteiger partial charge in [0, 0.05) is 31.4 Å². The Kier molecular flexibility index (Phi) is 7.18. The van der Waals surface area contributed by atoms with Crippen LogP contribution in [0.5, 0.6) is 0 Å². The molecule has 0 saturated carbocycles. The van der Waals surface area contributed by atoms with Gasteiger partial charge in [-0.25, -0.2) is 18.2 Å². The third-order valence-electron chi connectivity index (χ3n) is 6.46. The highest BCUT2D eigenvalue weighted by molar-refractivity contribution is 7.92. The van der Waals surface area contributed by atoms with Crippen molar-refractivity contribution in [1.29, 1.82) is 0 Å². The summed E-state index contributed by atoms with van der Waals surface area (Å²) < 4.78 is 28.7. The van der Waals surface area contributed by atoms with Gasteiger partial charge in [0.15, 0.2) is 11.6 Å². The first-order valence-electron chi connectivity index (χ1n) is 11.6. The number of hydrogen-bond acceptors (Lipinski definition) is 7. The molecule has 2 aliphatic rings. The number of Topliss-reactive ketones (excluding diaryl/α,β-unsaturated/α-hetero) is 1. The van der Waals surface area contributed by atoms with Gasteiger partial charge in [-0.3, -0.25) is 9.52 Å². The van der Waals surface area contributed by atoms with E-state index in [1.165, 1.54) is 56.3 Å². The molecule has 10 heteroatoms. The molecule has 2 N–H and O–H groups in total. The molecule has 182 valence electrons. The zero-order chi connectivity index (χ0) is 24.3. The molecule has 0 amide bonds. The maximum absolute atomic E-state index is 13.1. The van der Waals surface area contributed by atoms with Crippen LogP contribution in [0.4, 0.5) is 11.5 Å². The van der Waals surface area contributed by atoms with Gasteiger partial charge in [-0.2, -0.15) is 0 Å². The Labute approximate surface area is 199 Å². The molecule has 2 aliphatic heterocycles. The number of aromatic nitrogens is 1. The summed E-state index contributed by atoms with van der Waals surface area (Å²) >= 11 is 0. The van der Waals surface area contributed by atoms with E-state index in [0.29, 0.717) is 17.3 Å². The van der Waals surface area contributed by atoms with Crippen LogP contribution in [0.3, 0.4) is 0 Å². The Hall–Kier alpha value is -2.98. The monoisotopic (exact) mass is 486 g/mol. The van der Waals surface area contributed by atoms with Crippen LogP contribution >= 0.6 is 0 Å². The lowest BCUT2D eigenvalue weighted by Gasteiger charge is -2.36. The van der Waals surface area contributed by atoms with Gasteiger partial charge >= 0.3 is 5.97 Å². The van der Waals surface area contributed by atoms with Crippen LogP contribution in [0.2, 0.25) is 0 Å². The maximum Gasteiger partial charge on any atom is 0.337 e. The molecule has 1 atom stereocenters. The Bertz CT molecular complexity index is 1160. The van der Waals surface area contributed by atoms with Gasteiger partial charge in [0.05, 0.1) is 16.1 Å². The highest BCUT2D eigenvalue weighted by atomic mass is 32.2. The standard InChI is InChI=1S/C24H30N4O5S/c1-17(29)19-6-8-21(9-7-19)34(32,33)26-22-13-20(24(30)31)14-25-23(22)28-12-4-5-18(16-28)15-27-10-2-3-11-27/h6-9,13-14,18,26H,2-5,10-12,15-16H2,1H3,(H,30,31)/t18-/m1/s1. The van der Waals surface area contributed by atoms with Crippen LogP contribution < -0.4 is 9.62 Å². The van der Waals surface area contributed by atoms with E-state index in [0.717, 1.165) is 45.6 Å². The van der Waals surface area contributed by atoms with Crippen molar-refractivity contribution in [3.05, 3.63) is 47.7 Å². The second kappa shape index (κ2) is 10.1. The van der Waals surface area contributed by atoms with E-state index in [2.05, 4.69) is 14.6 Å². The van der Waals surface area contributed by atoms with E-state index >= 15 is 0 Å². The number of rotatable bonds is 8. The molecule has 3 heterocycles. The molecular weight excluding hydrogens is 456 g/mol. The van der Waals surface area contributed by atoms with Crippen LogP contribution in [0, 0.1) is 5.92 Å². The third-order valence-corrected chi connectivity index (χ3v) is 7.84. The number of carboxylic acids is 1. The fourth-order valence-corrected chi connectivity index (χ4v) is 5.76. The number of hydrogen-bond donors (Lipinski definition) is 2. The number of anilines is 2. The number of benzene rings is 1.